The van der Waals surface area contributed by atoms with Crippen LogP contribution in [0.2, 0.25) is 0 Å². The number of aryl methyl sites for hydroxylation is 2. The van der Waals surface area contributed by atoms with Crippen LogP contribution < -0.4 is 10.6 Å². The highest BCUT2D eigenvalue weighted by molar-refractivity contribution is 7.19. The second-order valence-electron chi connectivity index (χ2n) is 5.26. The number of rotatable bonds is 1. The van der Waals surface area contributed by atoms with Crippen molar-refractivity contribution in [2.24, 2.45) is 4.99 Å². The lowest BCUT2D eigenvalue weighted by Gasteiger charge is -1.99. The van der Waals surface area contributed by atoms with Crippen molar-refractivity contribution < 1.29 is 9.90 Å². The predicted octanol–water partition coefficient (Wildman–Crippen LogP) is 1.91. The Bertz CT molecular complexity index is 1040. The minimum absolute atomic E-state index is 0.0308. The van der Waals surface area contributed by atoms with Crippen molar-refractivity contribution in [3.63, 3.8) is 0 Å². The largest absolute Gasteiger partial charge is 0.494 e. The fraction of sp³-hybridized carbons (Fsp3) is 0.125. The fourth-order valence-corrected chi connectivity index (χ4v) is 3.81. The van der Waals surface area contributed by atoms with Gasteiger partial charge in [0.1, 0.15) is 0 Å². The number of H-pyrrole nitrogens is 1. The summed E-state index contributed by atoms with van der Waals surface area (Å²) in [6.07, 6.45) is 0. The molecule has 0 saturated carbocycles. The van der Waals surface area contributed by atoms with E-state index in [1.54, 1.807) is 11.3 Å². The standard InChI is InChI=1S/C16H12N2O2S/c1-7-3-4-9-10(5-7)17-15(19)12(9)13-14-11(18-16(13)20)6-8(2)21-14/h3-6,18,20H,1-2H3. The molecule has 4 nitrogen and oxygen atoms in total. The first-order chi connectivity index (χ1) is 10.0. The summed E-state index contributed by atoms with van der Waals surface area (Å²) in [7, 11) is 0. The second kappa shape index (κ2) is 4.05. The van der Waals surface area contributed by atoms with Crippen molar-refractivity contribution in [2.75, 3.05) is 0 Å². The minimum atomic E-state index is -0.294. The predicted molar refractivity (Wildman–Crippen MR) is 82.1 cm³/mol. The number of benzene rings is 1. The van der Waals surface area contributed by atoms with Gasteiger partial charge in [0.15, 0.2) is 5.88 Å². The summed E-state index contributed by atoms with van der Waals surface area (Å²) in [6.45, 7) is 3.97. The highest BCUT2D eigenvalue weighted by Gasteiger charge is 2.25. The van der Waals surface area contributed by atoms with E-state index in [9.17, 15) is 9.90 Å². The molecule has 3 heterocycles. The van der Waals surface area contributed by atoms with Gasteiger partial charge in [-0.1, -0.05) is 12.1 Å². The number of thiophene rings is 1. The van der Waals surface area contributed by atoms with Gasteiger partial charge in [-0.25, -0.2) is 4.99 Å². The average Bonchev–Trinajstić information content (AvgIpc) is 2.99. The van der Waals surface area contributed by atoms with Gasteiger partial charge in [0.05, 0.1) is 26.7 Å². The van der Waals surface area contributed by atoms with Crippen LogP contribution in [0.5, 0.6) is 5.88 Å². The maximum Gasteiger partial charge on any atom is 0.279 e. The van der Waals surface area contributed by atoms with Crippen molar-refractivity contribution >= 4 is 33.0 Å². The molecule has 0 spiro atoms. The van der Waals surface area contributed by atoms with E-state index in [4.69, 9.17) is 0 Å². The van der Waals surface area contributed by atoms with Crippen molar-refractivity contribution in [3.05, 3.63) is 50.8 Å². The van der Waals surface area contributed by atoms with Gasteiger partial charge in [0, 0.05) is 10.1 Å². The lowest BCUT2D eigenvalue weighted by atomic mass is 10.1. The zero-order valence-electron chi connectivity index (χ0n) is 11.5. The Morgan fingerprint density at radius 1 is 1.24 bits per heavy atom. The first-order valence-corrected chi connectivity index (χ1v) is 7.42. The number of hydrogen-bond donors (Lipinski definition) is 2. The number of fused-ring (bicyclic) bond motifs is 2. The molecule has 0 radical (unpaired) electrons. The van der Waals surface area contributed by atoms with Crippen LogP contribution in [0.4, 0.5) is 0 Å². The molecular formula is C16H12N2O2S. The van der Waals surface area contributed by atoms with Gasteiger partial charge in [-0.05, 0) is 31.5 Å². The molecule has 104 valence electrons. The van der Waals surface area contributed by atoms with E-state index < -0.39 is 0 Å². The monoisotopic (exact) mass is 296 g/mol. The average molecular weight is 296 g/mol. The zero-order chi connectivity index (χ0) is 14.7. The molecule has 0 bridgehead atoms. The van der Waals surface area contributed by atoms with Gasteiger partial charge in [-0.2, -0.15) is 0 Å². The smallest absolute Gasteiger partial charge is 0.279 e. The maximum atomic E-state index is 12.3. The lowest BCUT2D eigenvalue weighted by Crippen LogP contribution is -2.23. The van der Waals surface area contributed by atoms with E-state index in [2.05, 4.69) is 9.98 Å². The number of carbonyl (C=O) groups is 1. The molecule has 0 atom stereocenters. The number of nitrogens with zero attached hydrogens (tertiary/aromatic N) is 1. The molecule has 2 N–H and O–H groups in total. The first-order valence-electron chi connectivity index (χ1n) is 6.60. The van der Waals surface area contributed by atoms with Gasteiger partial charge >= 0.3 is 0 Å². The van der Waals surface area contributed by atoms with Crippen LogP contribution in [0.3, 0.4) is 0 Å². The molecule has 3 aromatic rings. The summed E-state index contributed by atoms with van der Waals surface area (Å²) < 4.78 is 0.900. The summed E-state index contributed by atoms with van der Waals surface area (Å²) in [6, 6.07) is 7.71. The second-order valence-corrected chi connectivity index (χ2v) is 6.52. The van der Waals surface area contributed by atoms with E-state index in [0.717, 1.165) is 25.9 Å². The van der Waals surface area contributed by atoms with E-state index >= 15 is 0 Å². The molecule has 21 heavy (non-hydrogen) atoms. The number of aromatic amines is 1. The van der Waals surface area contributed by atoms with Gasteiger partial charge in [0.2, 0.25) is 0 Å². The molecular weight excluding hydrogens is 284 g/mol. The third-order valence-corrected chi connectivity index (χ3v) is 4.75. The molecule has 0 unspecified atom stereocenters. The molecule has 1 amide bonds. The Morgan fingerprint density at radius 2 is 2.05 bits per heavy atom. The molecule has 1 aliphatic heterocycles. The summed E-state index contributed by atoms with van der Waals surface area (Å²) in [4.78, 5) is 20.5. The third-order valence-electron chi connectivity index (χ3n) is 3.68. The van der Waals surface area contributed by atoms with E-state index in [1.165, 1.54) is 0 Å². The Labute approximate surface area is 124 Å². The molecule has 0 fully saturated rings. The van der Waals surface area contributed by atoms with Gasteiger partial charge < -0.3 is 10.1 Å². The van der Waals surface area contributed by atoms with Crippen molar-refractivity contribution in [1.29, 1.82) is 0 Å². The summed E-state index contributed by atoms with van der Waals surface area (Å²) in [5, 5.41) is 11.7. The van der Waals surface area contributed by atoms with E-state index in [1.807, 2.05) is 38.1 Å². The topological polar surface area (TPSA) is 65.4 Å². The molecule has 1 aliphatic rings. The maximum absolute atomic E-state index is 12.3. The number of hydrogen-bond acceptors (Lipinski definition) is 3. The van der Waals surface area contributed by atoms with Crippen molar-refractivity contribution in [3.8, 4) is 5.88 Å². The van der Waals surface area contributed by atoms with Gasteiger partial charge in [-0.15, -0.1) is 11.3 Å². The highest BCUT2D eigenvalue weighted by Crippen LogP contribution is 2.38. The van der Waals surface area contributed by atoms with Crippen LogP contribution in [0.15, 0.2) is 29.3 Å². The first kappa shape index (κ1) is 12.3. The van der Waals surface area contributed by atoms with E-state index in [0.29, 0.717) is 16.5 Å². The molecule has 1 aromatic carbocycles. The number of aromatic nitrogens is 1. The molecule has 4 rings (SSSR count). The quantitative estimate of drug-likeness (QED) is 0.720. The summed E-state index contributed by atoms with van der Waals surface area (Å²) in [5.74, 6) is -0.263. The molecule has 0 saturated heterocycles. The normalized spacial score (nSPS) is 13.8. The number of amides is 1. The van der Waals surface area contributed by atoms with Crippen LogP contribution in [-0.4, -0.2) is 16.0 Å². The van der Waals surface area contributed by atoms with Gasteiger partial charge in [-0.3, -0.25) is 4.79 Å². The fourth-order valence-electron chi connectivity index (χ4n) is 2.79. The van der Waals surface area contributed by atoms with E-state index in [-0.39, 0.29) is 11.8 Å². The Morgan fingerprint density at radius 3 is 2.86 bits per heavy atom. The minimum Gasteiger partial charge on any atom is -0.494 e. The Hall–Kier alpha value is -2.40. The summed E-state index contributed by atoms with van der Waals surface area (Å²) in [5.41, 5.74) is 2.96. The lowest BCUT2D eigenvalue weighted by molar-refractivity contribution is -0.112. The zero-order valence-corrected chi connectivity index (χ0v) is 12.3. The van der Waals surface area contributed by atoms with Crippen LogP contribution in [-0.2, 0) is 4.79 Å². The molecule has 0 aliphatic carbocycles. The van der Waals surface area contributed by atoms with Crippen molar-refractivity contribution in [1.82, 2.24) is 4.98 Å². The Balaban J connectivity index is 2.15. The van der Waals surface area contributed by atoms with Crippen LogP contribution in [0, 0.1) is 13.8 Å². The SMILES string of the molecule is Cc1ccc2c(c1)=NC(=O)C=2c1c(O)[nH]c2cc(C)sc12. The number of nitrogens with one attached hydrogen (secondary N) is 1. The molecule has 5 heteroatoms. The van der Waals surface area contributed by atoms with Crippen molar-refractivity contribution in [2.45, 2.75) is 13.8 Å². The van der Waals surface area contributed by atoms with Gasteiger partial charge in [0.25, 0.3) is 5.91 Å². The number of aromatic hydroxyl groups is 1. The third kappa shape index (κ3) is 1.67. The van der Waals surface area contributed by atoms with Crippen LogP contribution in [0.1, 0.15) is 16.0 Å². The molecule has 2 aromatic heterocycles. The highest BCUT2D eigenvalue weighted by atomic mass is 32.1. The van der Waals surface area contributed by atoms with Crippen LogP contribution in [0.25, 0.3) is 15.8 Å². The number of carbonyl (C=O) groups excluding carboxylic acids is 1. The Kier molecular flexibility index (Phi) is 2.38. The summed E-state index contributed by atoms with van der Waals surface area (Å²) >= 11 is 1.56. The van der Waals surface area contributed by atoms with Crippen LogP contribution >= 0.6 is 11.3 Å².